The average Bonchev–Trinajstić information content (AvgIpc) is 3.20. The summed E-state index contributed by atoms with van der Waals surface area (Å²) in [6, 6.07) is 18.8. The van der Waals surface area contributed by atoms with Crippen molar-refractivity contribution in [1.82, 2.24) is 5.32 Å². The Morgan fingerprint density at radius 3 is 2.50 bits per heavy atom. The topological polar surface area (TPSA) is 69.9 Å². The molecule has 6 nitrogen and oxygen atoms in total. The summed E-state index contributed by atoms with van der Waals surface area (Å²) >= 11 is 0. The molecule has 0 radical (unpaired) electrons. The molecule has 0 saturated heterocycles. The molecule has 0 bridgehead atoms. The number of hydrogen-bond donors (Lipinski definition) is 1. The Bertz CT molecular complexity index is 904. The van der Waals surface area contributed by atoms with Crippen LogP contribution in [-0.2, 0) is 24.5 Å². The van der Waals surface area contributed by atoms with E-state index in [0.29, 0.717) is 37.0 Å². The summed E-state index contributed by atoms with van der Waals surface area (Å²) in [6.45, 7) is 1.12. The maximum absolute atomic E-state index is 12.2. The van der Waals surface area contributed by atoms with Crippen LogP contribution in [0.4, 0.5) is 0 Å². The highest BCUT2D eigenvalue weighted by molar-refractivity contribution is 5.91. The van der Waals surface area contributed by atoms with Crippen molar-refractivity contribution in [3.05, 3.63) is 83.3 Å². The van der Waals surface area contributed by atoms with Gasteiger partial charge >= 0.3 is 0 Å². The highest BCUT2D eigenvalue weighted by atomic mass is 16.5. The summed E-state index contributed by atoms with van der Waals surface area (Å²) in [5.74, 6) is 1.83. The number of nitrogens with one attached hydrogen (secondary N) is 1. The zero-order chi connectivity index (χ0) is 19.8. The molecule has 146 valence electrons. The molecule has 1 aromatic heterocycles. The van der Waals surface area contributed by atoms with Crippen molar-refractivity contribution in [2.75, 3.05) is 14.2 Å². The van der Waals surface area contributed by atoms with E-state index in [4.69, 9.17) is 18.6 Å². The quantitative estimate of drug-likeness (QED) is 0.608. The van der Waals surface area contributed by atoms with Gasteiger partial charge in [0.15, 0.2) is 17.3 Å². The third kappa shape index (κ3) is 5.14. The lowest BCUT2D eigenvalue weighted by molar-refractivity contribution is 0.0914. The Labute approximate surface area is 164 Å². The highest BCUT2D eigenvalue weighted by Gasteiger charge is 2.12. The fourth-order valence-electron chi connectivity index (χ4n) is 2.67. The maximum atomic E-state index is 12.2. The van der Waals surface area contributed by atoms with Crippen molar-refractivity contribution in [2.45, 2.75) is 19.8 Å². The van der Waals surface area contributed by atoms with Crippen LogP contribution in [0.2, 0.25) is 0 Å². The molecule has 6 heteroatoms. The van der Waals surface area contributed by atoms with Crippen LogP contribution in [0.5, 0.6) is 11.5 Å². The van der Waals surface area contributed by atoms with Crippen LogP contribution in [0, 0.1) is 0 Å². The molecule has 0 aliphatic heterocycles. The van der Waals surface area contributed by atoms with Gasteiger partial charge in [0.1, 0.15) is 19.0 Å². The maximum Gasteiger partial charge on any atom is 0.287 e. The molecule has 28 heavy (non-hydrogen) atoms. The van der Waals surface area contributed by atoms with Crippen molar-refractivity contribution in [2.24, 2.45) is 0 Å². The van der Waals surface area contributed by atoms with Gasteiger partial charge in [0, 0.05) is 13.7 Å². The number of carbonyl (C=O) groups is 1. The van der Waals surface area contributed by atoms with E-state index in [2.05, 4.69) is 5.32 Å². The minimum atomic E-state index is -0.286. The van der Waals surface area contributed by atoms with Crippen molar-refractivity contribution < 1.29 is 23.4 Å². The fraction of sp³-hybridized carbons (Fsp3) is 0.227. The molecule has 0 unspecified atom stereocenters. The first-order valence-electron chi connectivity index (χ1n) is 8.89. The van der Waals surface area contributed by atoms with Crippen LogP contribution in [0.1, 0.15) is 27.4 Å². The second-order valence-corrected chi connectivity index (χ2v) is 6.14. The molecule has 3 rings (SSSR count). The summed E-state index contributed by atoms with van der Waals surface area (Å²) in [4.78, 5) is 12.2. The van der Waals surface area contributed by atoms with E-state index in [1.165, 1.54) is 0 Å². The number of ether oxygens (including phenoxy) is 3. The van der Waals surface area contributed by atoms with Gasteiger partial charge in [-0.1, -0.05) is 36.4 Å². The predicted octanol–water partition coefficient (Wildman–Crippen LogP) is 3.94. The van der Waals surface area contributed by atoms with Gasteiger partial charge < -0.3 is 23.9 Å². The number of carbonyl (C=O) groups excluding carboxylic acids is 1. The summed E-state index contributed by atoms with van der Waals surface area (Å²) in [5, 5.41) is 2.83. The molecule has 2 aromatic carbocycles. The number of amides is 1. The lowest BCUT2D eigenvalue weighted by Gasteiger charge is -2.12. The van der Waals surface area contributed by atoms with Crippen LogP contribution in [0.3, 0.4) is 0 Å². The lowest BCUT2D eigenvalue weighted by Crippen LogP contribution is -2.22. The van der Waals surface area contributed by atoms with E-state index in [1.54, 1.807) is 26.4 Å². The minimum absolute atomic E-state index is 0.252. The second-order valence-electron chi connectivity index (χ2n) is 6.14. The van der Waals surface area contributed by atoms with Gasteiger partial charge in [-0.15, -0.1) is 0 Å². The molecule has 0 aliphatic carbocycles. The molecule has 0 fully saturated rings. The second kappa shape index (κ2) is 9.62. The third-order valence-corrected chi connectivity index (χ3v) is 4.09. The first-order chi connectivity index (χ1) is 13.7. The van der Waals surface area contributed by atoms with Crippen LogP contribution in [0.25, 0.3) is 0 Å². The van der Waals surface area contributed by atoms with Gasteiger partial charge in [0.05, 0.1) is 7.11 Å². The Morgan fingerprint density at radius 2 is 1.75 bits per heavy atom. The number of furan rings is 1. The van der Waals surface area contributed by atoms with Gasteiger partial charge in [-0.25, -0.2) is 0 Å². The smallest absolute Gasteiger partial charge is 0.287 e. The Morgan fingerprint density at radius 1 is 0.929 bits per heavy atom. The lowest BCUT2D eigenvalue weighted by atomic mass is 10.2. The molecular formula is C22H23NO5. The predicted molar refractivity (Wildman–Crippen MR) is 104 cm³/mol. The zero-order valence-electron chi connectivity index (χ0n) is 15.9. The normalized spacial score (nSPS) is 10.5. The largest absolute Gasteiger partial charge is 0.493 e. The summed E-state index contributed by atoms with van der Waals surface area (Å²) in [6.07, 6.45) is 0. The monoisotopic (exact) mass is 381 g/mol. The SMILES string of the molecule is COCc1ccc(C(=O)NCc2ccc(OCc3ccccc3)c(OC)c2)o1. The Balaban J connectivity index is 1.59. The van der Waals surface area contributed by atoms with Gasteiger partial charge in [-0.05, 0) is 35.4 Å². The molecule has 0 aliphatic rings. The molecule has 0 spiro atoms. The van der Waals surface area contributed by atoms with Crippen molar-refractivity contribution >= 4 is 5.91 Å². The molecule has 1 N–H and O–H groups in total. The molecule has 0 saturated carbocycles. The van der Waals surface area contributed by atoms with Crippen molar-refractivity contribution in [3.63, 3.8) is 0 Å². The van der Waals surface area contributed by atoms with Crippen LogP contribution in [0.15, 0.2) is 65.1 Å². The highest BCUT2D eigenvalue weighted by Crippen LogP contribution is 2.29. The first kappa shape index (κ1) is 19.5. The fourth-order valence-corrected chi connectivity index (χ4v) is 2.67. The van der Waals surface area contributed by atoms with Gasteiger partial charge in [0.25, 0.3) is 5.91 Å². The van der Waals surface area contributed by atoms with E-state index in [9.17, 15) is 4.79 Å². The van der Waals surface area contributed by atoms with E-state index in [0.717, 1.165) is 11.1 Å². The van der Waals surface area contributed by atoms with Gasteiger partial charge in [-0.3, -0.25) is 4.79 Å². The van der Waals surface area contributed by atoms with E-state index in [1.807, 2.05) is 48.5 Å². The number of hydrogen-bond acceptors (Lipinski definition) is 5. The van der Waals surface area contributed by atoms with Crippen molar-refractivity contribution in [1.29, 1.82) is 0 Å². The third-order valence-electron chi connectivity index (χ3n) is 4.09. The van der Waals surface area contributed by atoms with Crippen LogP contribution in [-0.4, -0.2) is 20.1 Å². The van der Waals surface area contributed by atoms with Crippen LogP contribution < -0.4 is 14.8 Å². The van der Waals surface area contributed by atoms with E-state index < -0.39 is 0 Å². The summed E-state index contributed by atoms with van der Waals surface area (Å²) in [5.41, 5.74) is 1.97. The molecule has 1 heterocycles. The number of benzene rings is 2. The Kier molecular flexibility index (Phi) is 6.70. The molecule has 0 atom stereocenters. The van der Waals surface area contributed by atoms with E-state index >= 15 is 0 Å². The van der Waals surface area contributed by atoms with Gasteiger partial charge in [-0.2, -0.15) is 0 Å². The molecular weight excluding hydrogens is 358 g/mol. The Hall–Kier alpha value is -3.25. The van der Waals surface area contributed by atoms with Crippen molar-refractivity contribution in [3.8, 4) is 11.5 Å². The minimum Gasteiger partial charge on any atom is -0.493 e. The zero-order valence-corrected chi connectivity index (χ0v) is 15.9. The van der Waals surface area contributed by atoms with Crippen LogP contribution >= 0.6 is 0 Å². The van der Waals surface area contributed by atoms with E-state index in [-0.39, 0.29) is 11.7 Å². The number of rotatable bonds is 9. The standard InChI is InChI=1S/C22H23NO5/c1-25-15-18-9-11-20(28-18)22(24)23-13-17-8-10-19(21(12-17)26-2)27-14-16-6-4-3-5-7-16/h3-12H,13-15H2,1-2H3,(H,23,24). The first-order valence-corrected chi connectivity index (χ1v) is 8.89. The summed E-state index contributed by atoms with van der Waals surface area (Å²) < 4.78 is 21.7. The summed E-state index contributed by atoms with van der Waals surface area (Å²) in [7, 11) is 3.16. The molecule has 1 amide bonds. The number of methoxy groups -OCH3 is 2. The average molecular weight is 381 g/mol. The molecule has 3 aromatic rings. The van der Waals surface area contributed by atoms with Gasteiger partial charge in [0.2, 0.25) is 0 Å².